The number of nitrogens with zero attached hydrogens (tertiary/aromatic N) is 4. The Hall–Kier alpha value is -2.09. The zero-order valence-electron chi connectivity index (χ0n) is 11.1. The molecule has 0 spiro atoms. The quantitative estimate of drug-likeness (QED) is 0.807. The minimum absolute atomic E-state index is 0.0737. The minimum Gasteiger partial charge on any atom is -0.497 e. The Morgan fingerprint density at radius 3 is 2.75 bits per heavy atom. The molecule has 1 heterocycles. The summed E-state index contributed by atoms with van der Waals surface area (Å²) >= 11 is 1.10. The first kappa shape index (κ1) is 14.3. The van der Waals surface area contributed by atoms with Crippen LogP contribution < -0.4 is 4.74 Å². The van der Waals surface area contributed by atoms with Gasteiger partial charge in [0.25, 0.3) is 0 Å². The van der Waals surface area contributed by atoms with Crippen LogP contribution in [0.3, 0.4) is 0 Å². The summed E-state index contributed by atoms with van der Waals surface area (Å²) in [6, 6.07) is 7.49. The van der Waals surface area contributed by atoms with Crippen molar-refractivity contribution >= 4 is 17.7 Å². The van der Waals surface area contributed by atoms with E-state index in [4.69, 9.17) is 9.84 Å². The van der Waals surface area contributed by atoms with E-state index in [0.29, 0.717) is 5.16 Å². The van der Waals surface area contributed by atoms with Crippen LogP contribution in [-0.2, 0) is 4.79 Å². The third kappa shape index (κ3) is 3.27. The second-order valence-electron chi connectivity index (χ2n) is 4.04. The Labute approximate surface area is 119 Å². The first-order valence-electron chi connectivity index (χ1n) is 5.88. The van der Waals surface area contributed by atoms with E-state index in [-0.39, 0.29) is 11.8 Å². The van der Waals surface area contributed by atoms with E-state index in [0.717, 1.165) is 23.1 Å². The molecular formula is C12H14N4O3S. The third-order valence-electron chi connectivity index (χ3n) is 2.75. The van der Waals surface area contributed by atoms with Gasteiger partial charge in [-0.3, -0.25) is 4.79 Å². The molecule has 1 N–H and O–H groups in total. The summed E-state index contributed by atoms with van der Waals surface area (Å²) < 4.78 is 6.72. The summed E-state index contributed by atoms with van der Waals surface area (Å²) in [5.41, 5.74) is 1.01. The second kappa shape index (κ2) is 6.38. The normalized spacial score (nSPS) is 12.1. The number of methoxy groups -OCH3 is 1. The predicted molar refractivity (Wildman–Crippen MR) is 73.0 cm³/mol. The van der Waals surface area contributed by atoms with Gasteiger partial charge in [-0.2, -0.15) is 0 Å². The molecule has 106 valence electrons. The molecular weight excluding hydrogens is 280 g/mol. The van der Waals surface area contributed by atoms with Crippen LogP contribution in [0.5, 0.6) is 5.75 Å². The van der Waals surface area contributed by atoms with Gasteiger partial charge < -0.3 is 9.84 Å². The number of carbonyl (C=O) groups is 1. The Morgan fingerprint density at radius 2 is 2.15 bits per heavy atom. The second-order valence-corrected chi connectivity index (χ2v) is 4.98. The number of aromatic nitrogens is 4. The average molecular weight is 294 g/mol. The van der Waals surface area contributed by atoms with E-state index >= 15 is 0 Å². The van der Waals surface area contributed by atoms with Crippen molar-refractivity contribution in [3.8, 4) is 5.75 Å². The molecule has 0 saturated carbocycles. The maximum Gasteiger partial charge on any atom is 0.313 e. The van der Waals surface area contributed by atoms with Crippen molar-refractivity contribution in [2.45, 2.75) is 18.1 Å². The van der Waals surface area contributed by atoms with Crippen LogP contribution in [0.2, 0.25) is 0 Å². The van der Waals surface area contributed by atoms with Gasteiger partial charge in [0, 0.05) is 0 Å². The fraction of sp³-hybridized carbons (Fsp3) is 0.333. The van der Waals surface area contributed by atoms with Gasteiger partial charge in [-0.1, -0.05) is 23.9 Å². The molecule has 8 heteroatoms. The molecule has 1 aromatic heterocycles. The van der Waals surface area contributed by atoms with Gasteiger partial charge in [-0.15, -0.1) is 5.10 Å². The van der Waals surface area contributed by atoms with Crippen LogP contribution in [0, 0.1) is 0 Å². The fourth-order valence-corrected chi connectivity index (χ4v) is 2.35. The van der Waals surface area contributed by atoms with Crippen LogP contribution >= 0.6 is 11.8 Å². The third-order valence-corrected chi connectivity index (χ3v) is 3.67. The van der Waals surface area contributed by atoms with Crippen LogP contribution in [0.1, 0.15) is 18.5 Å². The van der Waals surface area contributed by atoms with E-state index in [1.54, 1.807) is 11.8 Å². The molecule has 0 aliphatic carbocycles. The molecule has 0 fully saturated rings. The highest BCUT2D eigenvalue weighted by Crippen LogP contribution is 2.24. The number of carboxylic acid groups (broad SMARTS) is 1. The summed E-state index contributed by atoms with van der Waals surface area (Å²) in [6.45, 7) is 1.95. The van der Waals surface area contributed by atoms with E-state index in [9.17, 15) is 4.79 Å². The Balaban J connectivity index is 2.17. The van der Waals surface area contributed by atoms with Crippen LogP contribution in [0.25, 0.3) is 0 Å². The highest BCUT2D eigenvalue weighted by molar-refractivity contribution is 7.99. The molecule has 1 atom stereocenters. The number of hydrogen-bond donors (Lipinski definition) is 1. The number of thioether (sulfide) groups is 1. The van der Waals surface area contributed by atoms with E-state index in [1.807, 2.05) is 31.2 Å². The maximum absolute atomic E-state index is 10.6. The van der Waals surface area contributed by atoms with Crippen molar-refractivity contribution in [2.75, 3.05) is 12.9 Å². The lowest BCUT2D eigenvalue weighted by Crippen LogP contribution is -2.11. The van der Waals surface area contributed by atoms with Gasteiger partial charge >= 0.3 is 5.97 Å². The number of rotatable bonds is 6. The highest BCUT2D eigenvalue weighted by atomic mass is 32.2. The summed E-state index contributed by atoms with van der Waals surface area (Å²) in [7, 11) is 1.61. The topological polar surface area (TPSA) is 90.1 Å². The molecule has 2 aromatic rings. The molecule has 0 radical (unpaired) electrons. The van der Waals surface area contributed by atoms with Crippen molar-refractivity contribution in [3.05, 3.63) is 29.8 Å². The van der Waals surface area contributed by atoms with E-state index in [2.05, 4.69) is 15.5 Å². The van der Waals surface area contributed by atoms with Crippen LogP contribution in [0.15, 0.2) is 29.4 Å². The van der Waals surface area contributed by atoms with Gasteiger partial charge in [-0.25, -0.2) is 4.68 Å². The predicted octanol–water partition coefficient (Wildman–Crippen LogP) is 1.47. The van der Waals surface area contributed by atoms with Crippen LogP contribution in [-0.4, -0.2) is 44.1 Å². The van der Waals surface area contributed by atoms with E-state index in [1.165, 1.54) is 0 Å². The van der Waals surface area contributed by atoms with Gasteiger partial charge in [0.1, 0.15) is 5.75 Å². The molecule has 0 amide bonds. The molecule has 0 saturated heterocycles. The number of carboxylic acids is 1. The number of aliphatic carboxylic acids is 1. The largest absolute Gasteiger partial charge is 0.497 e. The number of ether oxygens (including phenoxy) is 1. The number of hydrogen-bond acceptors (Lipinski definition) is 6. The van der Waals surface area contributed by atoms with Gasteiger partial charge in [0.15, 0.2) is 0 Å². The summed E-state index contributed by atoms with van der Waals surface area (Å²) in [5.74, 6) is -0.199. The highest BCUT2D eigenvalue weighted by Gasteiger charge is 2.16. The summed E-state index contributed by atoms with van der Waals surface area (Å²) in [5, 5.41) is 20.6. The lowest BCUT2D eigenvalue weighted by molar-refractivity contribution is -0.133. The van der Waals surface area contributed by atoms with Crippen molar-refractivity contribution < 1.29 is 14.6 Å². The maximum atomic E-state index is 10.6. The number of benzene rings is 1. The fourth-order valence-electron chi connectivity index (χ4n) is 1.67. The molecule has 0 aliphatic heterocycles. The minimum atomic E-state index is -0.901. The monoisotopic (exact) mass is 294 g/mol. The Morgan fingerprint density at radius 1 is 1.45 bits per heavy atom. The van der Waals surface area contributed by atoms with Crippen molar-refractivity contribution in [1.82, 2.24) is 20.2 Å². The van der Waals surface area contributed by atoms with Crippen molar-refractivity contribution in [3.63, 3.8) is 0 Å². The summed E-state index contributed by atoms with van der Waals surface area (Å²) in [6.07, 6.45) is 0. The first-order valence-corrected chi connectivity index (χ1v) is 6.86. The van der Waals surface area contributed by atoms with Crippen molar-refractivity contribution in [1.29, 1.82) is 0 Å². The lowest BCUT2D eigenvalue weighted by Gasteiger charge is -2.13. The molecule has 0 aliphatic rings. The van der Waals surface area contributed by atoms with Crippen LogP contribution in [0.4, 0.5) is 0 Å². The SMILES string of the molecule is COc1ccc(C(C)n2nnnc2SCC(=O)O)cc1. The van der Waals surface area contributed by atoms with Crippen molar-refractivity contribution in [2.24, 2.45) is 0 Å². The Bertz CT molecular complexity index is 585. The molecule has 7 nitrogen and oxygen atoms in total. The zero-order chi connectivity index (χ0) is 14.5. The molecule has 1 aromatic carbocycles. The smallest absolute Gasteiger partial charge is 0.313 e. The molecule has 1 unspecified atom stereocenters. The van der Waals surface area contributed by atoms with Gasteiger partial charge in [-0.05, 0) is 35.0 Å². The first-order chi connectivity index (χ1) is 9.61. The van der Waals surface area contributed by atoms with Gasteiger partial charge in [0.05, 0.1) is 18.9 Å². The molecule has 20 heavy (non-hydrogen) atoms. The standard InChI is InChI=1S/C12H14N4O3S/c1-8(9-3-5-10(19-2)6-4-9)16-12(13-14-15-16)20-7-11(17)18/h3-6,8H,7H2,1-2H3,(H,17,18). The molecule has 0 bridgehead atoms. The van der Waals surface area contributed by atoms with E-state index < -0.39 is 5.97 Å². The number of tetrazole rings is 1. The lowest BCUT2D eigenvalue weighted by atomic mass is 10.1. The summed E-state index contributed by atoms with van der Waals surface area (Å²) in [4.78, 5) is 10.6. The molecule has 2 rings (SSSR count). The average Bonchev–Trinajstić information content (AvgIpc) is 2.93. The Kier molecular flexibility index (Phi) is 4.57. The zero-order valence-corrected chi connectivity index (χ0v) is 11.9. The van der Waals surface area contributed by atoms with Gasteiger partial charge in [0.2, 0.25) is 5.16 Å².